The maximum Gasteiger partial charge on any atom is 0.0561 e. The normalized spacial score (nSPS) is 12.6. The number of halogens is 2. The summed E-state index contributed by atoms with van der Waals surface area (Å²) in [5.41, 5.74) is 1.30. The van der Waals surface area contributed by atoms with Crippen LogP contribution >= 0.6 is 38.9 Å². The van der Waals surface area contributed by atoms with Gasteiger partial charge in [0, 0.05) is 15.4 Å². The molecule has 0 radical (unpaired) electrons. The van der Waals surface area contributed by atoms with Gasteiger partial charge in [0.2, 0.25) is 0 Å². The smallest absolute Gasteiger partial charge is 0.0561 e. The summed E-state index contributed by atoms with van der Waals surface area (Å²) < 4.78 is 1.11. The van der Waals surface area contributed by atoms with Crippen LogP contribution in [0.25, 0.3) is 0 Å². The van der Waals surface area contributed by atoms with Gasteiger partial charge >= 0.3 is 0 Å². The molecule has 0 aliphatic rings. The lowest BCUT2D eigenvalue weighted by atomic mass is 10.1. The van der Waals surface area contributed by atoms with Gasteiger partial charge in [0.15, 0.2) is 0 Å². The summed E-state index contributed by atoms with van der Waals surface area (Å²) in [6.45, 7) is 0. The highest BCUT2D eigenvalue weighted by molar-refractivity contribution is 9.10. The van der Waals surface area contributed by atoms with Crippen molar-refractivity contribution in [2.45, 2.75) is 12.5 Å². The van der Waals surface area contributed by atoms with Crippen LogP contribution < -0.4 is 5.32 Å². The van der Waals surface area contributed by atoms with E-state index in [-0.39, 0.29) is 6.04 Å². The van der Waals surface area contributed by atoms with Gasteiger partial charge in [-0.25, -0.2) is 0 Å². The Morgan fingerprint density at radius 1 is 1.29 bits per heavy atom. The molecule has 0 amide bonds. The molecule has 1 aromatic heterocycles. The second-order valence-corrected chi connectivity index (χ2v) is 6.08. The molecule has 0 saturated carbocycles. The zero-order chi connectivity index (χ0) is 12.3. The molecule has 2 rings (SSSR count). The summed E-state index contributed by atoms with van der Waals surface area (Å²) >= 11 is 11.3. The molecular formula is C13H13BrClNS. The molecule has 1 N–H and O–H groups in total. The lowest BCUT2D eigenvalue weighted by molar-refractivity contribution is 0.602. The topological polar surface area (TPSA) is 12.0 Å². The number of thiophene rings is 1. The lowest BCUT2D eigenvalue weighted by Crippen LogP contribution is -2.17. The Morgan fingerprint density at radius 3 is 2.53 bits per heavy atom. The van der Waals surface area contributed by atoms with Crippen molar-refractivity contribution in [1.82, 2.24) is 5.32 Å². The van der Waals surface area contributed by atoms with Gasteiger partial charge < -0.3 is 5.32 Å². The Kier molecular flexibility index (Phi) is 4.62. The van der Waals surface area contributed by atoms with Crippen molar-refractivity contribution < 1.29 is 0 Å². The van der Waals surface area contributed by atoms with Crippen molar-refractivity contribution in [3.8, 4) is 0 Å². The van der Waals surface area contributed by atoms with Crippen LogP contribution in [0.4, 0.5) is 0 Å². The summed E-state index contributed by atoms with van der Waals surface area (Å²) in [4.78, 5) is 1.21. The molecule has 0 fully saturated rings. The Balaban J connectivity index is 2.16. The lowest BCUT2D eigenvalue weighted by Gasteiger charge is -2.15. The maximum atomic E-state index is 6.17. The fourth-order valence-electron chi connectivity index (χ4n) is 1.74. The SMILES string of the molecule is CNC(Cc1ccc(Br)cc1)c1sccc1Cl. The van der Waals surface area contributed by atoms with E-state index in [9.17, 15) is 0 Å². The van der Waals surface area contributed by atoms with Crippen LogP contribution in [0.2, 0.25) is 5.02 Å². The molecule has 0 aliphatic carbocycles. The Morgan fingerprint density at radius 2 is 2.00 bits per heavy atom. The van der Waals surface area contributed by atoms with Gasteiger partial charge in [0.05, 0.1) is 5.02 Å². The summed E-state index contributed by atoms with van der Waals surface area (Å²) in [6, 6.07) is 10.6. The van der Waals surface area contributed by atoms with E-state index in [1.807, 2.05) is 18.5 Å². The Hall–Kier alpha value is -0.350. The zero-order valence-electron chi connectivity index (χ0n) is 9.41. The minimum Gasteiger partial charge on any atom is -0.312 e. The second kappa shape index (κ2) is 6.01. The predicted molar refractivity (Wildman–Crippen MR) is 79.0 cm³/mol. The summed E-state index contributed by atoms with van der Waals surface area (Å²) in [7, 11) is 1.97. The minimum absolute atomic E-state index is 0.281. The summed E-state index contributed by atoms with van der Waals surface area (Å²) in [5, 5.41) is 6.21. The first-order valence-electron chi connectivity index (χ1n) is 5.35. The summed E-state index contributed by atoms with van der Waals surface area (Å²) in [5.74, 6) is 0. The molecule has 17 heavy (non-hydrogen) atoms. The van der Waals surface area contributed by atoms with Gasteiger partial charge in [-0.1, -0.05) is 39.7 Å². The number of benzene rings is 1. The average Bonchev–Trinajstić information content (AvgIpc) is 2.75. The molecule has 1 nitrogen and oxygen atoms in total. The zero-order valence-corrected chi connectivity index (χ0v) is 12.6. The van der Waals surface area contributed by atoms with Gasteiger partial charge in [-0.2, -0.15) is 0 Å². The maximum absolute atomic E-state index is 6.17. The first kappa shape index (κ1) is 13.1. The molecule has 0 spiro atoms. The van der Waals surface area contributed by atoms with Crippen molar-refractivity contribution in [2.24, 2.45) is 0 Å². The van der Waals surface area contributed by atoms with E-state index in [0.717, 1.165) is 15.9 Å². The minimum atomic E-state index is 0.281. The third-order valence-corrected chi connectivity index (χ3v) is 4.66. The van der Waals surface area contributed by atoms with Gasteiger partial charge in [-0.3, -0.25) is 0 Å². The van der Waals surface area contributed by atoms with Crippen LogP contribution in [0.5, 0.6) is 0 Å². The first-order chi connectivity index (χ1) is 8.20. The largest absolute Gasteiger partial charge is 0.312 e. The molecule has 2 aromatic rings. The van der Waals surface area contributed by atoms with E-state index in [1.165, 1.54) is 10.4 Å². The molecule has 1 atom stereocenters. The van der Waals surface area contributed by atoms with Crippen molar-refractivity contribution in [1.29, 1.82) is 0 Å². The monoisotopic (exact) mass is 329 g/mol. The number of hydrogen-bond acceptors (Lipinski definition) is 2. The quantitative estimate of drug-likeness (QED) is 0.859. The highest BCUT2D eigenvalue weighted by Gasteiger charge is 2.14. The molecule has 4 heteroatoms. The van der Waals surface area contributed by atoms with E-state index < -0.39 is 0 Å². The van der Waals surface area contributed by atoms with Crippen molar-refractivity contribution in [2.75, 3.05) is 7.05 Å². The molecule has 1 unspecified atom stereocenters. The third-order valence-electron chi connectivity index (χ3n) is 2.66. The fraction of sp³-hybridized carbons (Fsp3) is 0.231. The van der Waals surface area contributed by atoms with Crippen LogP contribution in [0.3, 0.4) is 0 Å². The van der Waals surface area contributed by atoms with E-state index >= 15 is 0 Å². The number of nitrogens with one attached hydrogen (secondary N) is 1. The molecule has 0 aliphatic heterocycles. The second-order valence-electron chi connectivity index (χ2n) is 3.80. The number of hydrogen-bond donors (Lipinski definition) is 1. The van der Waals surface area contributed by atoms with Gasteiger partial charge in [-0.15, -0.1) is 11.3 Å². The Labute approximate surface area is 119 Å². The van der Waals surface area contributed by atoms with Crippen molar-refractivity contribution in [3.63, 3.8) is 0 Å². The highest BCUT2D eigenvalue weighted by atomic mass is 79.9. The van der Waals surface area contributed by atoms with E-state index in [4.69, 9.17) is 11.6 Å². The van der Waals surface area contributed by atoms with Crippen LogP contribution in [0.15, 0.2) is 40.2 Å². The highest BCUT2D eigenvalue weighted by Crippen LogP contribution is 2.30. The van der Waals surface area contributed by atoms with Gasteiger partial charge in [0.25, 0.3) is 0 Å². The van der Waals surface area contributed by atoms with Crippen LogP contribution in [-0.4, -0.2) is 7.05 Å². The molecule has 1 aromatic carbocycles. The van der Waals surface area contributed by atoms with Gasteiger partial charge in [0.1, 0.15) is 0 Å². The van der Waals surface area contributed by atoms with E-state index in [1.54, 1.807) is 11.3 Å². The van der Waals surface area contributed by atoms with Crippen LogP contribution in [-0.2, 0) is 6.42 Å². The van der Waals surface area contributed by atoms with E-state index in [2.05, 4.69) is 45.5 Å². The van der Waals surface area contributed by atoms with Crippen LogP contribution in [0.1, 0.15) is 16.5 Å². The van der Waals surface area contributed by atoms with Crippen LogP contribution in [0, 0.1) is 0 Å². The summed E-state index contributed by atoms with van der Waals surface area (Å²) in [6.07, 6.45) is 0.948. The molecule has 90 valence electrons. The predicted octanol–water partition coefficient (Wildman–Crippen LogP) is 4.67. The fourth-order valence-corrected chi connectivity index (χ4v) is 3.30. The standard InChI is InChI=1S/C13H13BrClNS/c1-16-12(13-11(15)6-7-17-13)8-9-2-4-10(14)5-3-9/h2-7,12,16H,8H2,1H3. The number of likely N-dealkylation sites (N-methyl/N-ethyl adjacent to an activating group) is 1. The average molecular weight is 331 g/mol. The Bertz CT molecular complexity index is 480. The van der Waals surface area contributed by atoms with Gasteiger partial charge in [-0.05, 0) is 42.6 Å². The molecule has 0 saturated heterocycles. The van der Waals surface area contributed by atoms with Crippen molar-refractivity contribution >= 4 is 38.9 Å². The van der Waals surface area contributed by atoms with Crippen molar-refractivity contribution in [3.05, 3.63) is 55.6 Å². The molecule has 0 bridgehead atoms. The molecule has 1 heterocycles. The molecular weight excluding hydrogens is 318 g/mol. The third kappa shape index (κ3) is 3.32. The number of rotatable bonds is 4. The first-order valence-corrected chi connectivity index (χ1v) is 7.40. The van der Waals surface area contributed by atoms with E-state index in [0.29, 0.717) is 0 Å².